The molecule has 3 rings (SSSR count). The molecule has 0 saturated heterocycles. The van der Waals surface area contributed by atoms with Crippen LogP contribution in [0.15, 0.2) is 18.2 Å². The highest BCUT2D eigenvalue weighted by Crippen LogP contribution is 2.30. The van der Waals surface area contributed by atoms with Gasteiger partial charge in [0.15, 0.2) is 23.0 Å². The number of fused-ring (bicyclic) bond motifs is 1. The molecule has 8 nitrogen and oxygen atoms in total. The Hall–Kier alpha value is -3.03. The zero-order valence-electron chi connectivity index (χ0n) is 9.62. The van der Waals surface area contributed by atoms with Crippen LogP contribution in [0.5, 0.6) is 11.5 Å². The second-order valence-corrected chi connectivity index (χ2v) is 3.95. The molecule has 0 atom stereocenters. The molecule has 0 aliphatic carbocycles. The van der Waals surface area contributed by atoms with Crippen molar-refractivity contribution in [3.05, 3.63) is 18.2 Å². The molecular weight excluding hydrogens is 248 g/mol. The van der Waals surface area contributed by atoms with Gasteiger partial charge in [0.1, 0.15) is 11.3 Å². The summed E-state index contributed by atoms with van der Waals surface area (Å²) < 4.78 is 0. The van der Waals surface area contributed by atoms with Crippen LogP contribution in [-0.4, -0.2) is 30.1 Å². The van der Waals surface area contributed by atoms with E-state index in [1.807, 2.05) is 0 Å². The van der Waals surface area contributed by atoms with Gasteiger partial charge in [-0.25, -0.2) is 4.98 Å². The summed E-state index contributed by atoms with van der Waals surface area (Å²) in [7, 11) is 0. The number of rotatable bonds is 1. The minimum atomic E-state index is -0.239. The first-order valence-corrected chi connectivity index (χ1v) is 5.35. The summed E-state index contributed by atoms with van der Waals surface area (Å²) in [5, 5.41) is 18.7. The van der Waals surface area contributed by atoms with Crippen LogP contribution in [-0.2, 0) is 0 Å². The number of benzene rings is 1. The predicted octanol–water partition coefficient (Wildman–Crippen LogP) is 0.595. The standard InChI is InChI=1S/C11H10N6O2/c12-8-7-10(17-11(13)15-8)16-9(14-7)4-1-2-5(18)6(19)3-4/h1-3,18-19H,(H5,12,13,14,15,16,17). The smallest absolute Gasteiger partial charge is 0.224 e. The van der Waals surface area contributed by atoms with E-state index < -0.39 is 0 Å². The van der Waals surface area contributed by atoms with Crippen molar-refractivity contribution < 1.29 is 10.2 Å². The van der Waals surface area contributed by atoms with Crippen LogP contribution in [0, 0.1) is 0 Å². The molecule has 0 spiro atoms. The Kier molecular flexibility index (Phi) is 2.18. The summed E-state index contributed by atoms with van der Waals surface area (Å²) in [6, 6.07) is 4.33. The van der Waals surface area contributed by atoms with Crippen LogP contribution in [0.25, 0.3) is 22.6 Å². The highest BCUT2D eigenvalue weighted by atomic mass is 16.3. The normalized spacial score (nSPS) is 10.9. The van der Waals surface area contributed by atoms with Gasteiger partial charge in [0, 0.05) is 5.56 Å². The molecule has 0 fully saturated rings. The number of aromatic hydroxyl groups is 2. The van der Waals surface area contributed by atoms with Crippen molar-refractivity contribution >= 4 is 22.9 Å². The van der Waals surface area contributed by atoms with Gasteiger partial charge in [-0.15, -0.1) is 0 Å². The van der Waals surface area contributed by atoms with Gasteiger partial charge in [-0.05, 0) is 18.2 Å². The van der Waals surface area contributed by atoms with E-state index in [0.29, 0.717) is 22.6 Å². The maximum atomic E-state index is 9.47. The first-order valence-electron chi connectivity index (χ1n) is 5.35. The van der Waals surface area contributed by atoms with Crippen LogP contribution in [0.1, 0.15) is 0 Å². The van der Waals surface area contributed by atoms with E-state index in [1.165, 1.54) is 12.1 Å². The second kappa shape index (κ2) is 3.73. The highest BCUT2D eigenvalue weighted by molar-refractivity contribution is 5.85. The Bertz CT molecular complexity index is 782. The minimum Gasteiger partial charge on any atom is -0.504 e. The van der Waals surface area contributed by atoms with Gasteiger partial charge >= 0.3 is 0 Å². The number of anilines is 2. The minimum absolute atomic E-state index is 0.0385. The largest absolute Gasteiger partial charge is 0.504 e. The van der Waals surface area contributed by atoms with Crippen molar-refractivity contribution in [2.75, 3.05) is 11.5 Å². The van der Waals surface area contributed by atoms with Gasteiger partial charge in [-0.1, -0.05) is 0 Å². The lowest BCUT2D eigenvalue weighted by Crippen LogP contribution is -1.99. The fraction of sp³-hybridized carbons (Fsp3) is 0. The zero-order chi connectivity index (χ0) is 13.6. The average molecular weight is 258 g/mol. The molecule has 19 heavy (non-hydrogen) atoms. The molecule has 2 aromatic heterocycles. The number of hydrogen-bond acceptors (Lipinski definition) is 7. The number of nitrogens with two attached hydrogens (primary N) is 2. The Morgan fingerprint density at radius 2 is 1.79 bits per heavy atom. The van der Waals surface area contributed by atoms with Crippen molar-refractivity contribution in [3.8, 4) is 22.9 Å². The molecule has 3 aromatic rings. The lowest BCUT2D eigenvalue weighted by atomic mass is 10.2. The number of phenolic OH excluding ortho intramolecular Hbond substituents is 2. The maximum absolute atomic E-state index is 9.47. The van der Waals surface area contributed by atoms with Crippen molar-refractivity contribution in [1.29, 1.82) is 0 Å². The Morgan fingerprint density at radius 1 is 1.00 bits per heavy atom. The van der Waals surface area contributed by atoms with Crippen LogP contribution >= 0.6 is 0 Å². The van der Waals surface area contributed by atoms with E-state index in [2.05, 4.69) is 19.9 Å². The number of nitrogens with zero attached hydrogens (tertiary/aromatic N) is 3. The van der Waals surface area contributed by atoms with Gasteiger partial charge in [0.05, 0.1) is 0 Å². The third-order valence-corrected chi connectivity index (χ3v) is 2.65. The van der Waals surface area contributed by atoms with Crippen LogP contribution in [0.4, 0.5) is 11.8 Å². The number of imidazole rings is 1. The van der Waals surface area contributed by atoms with Gasteiger partial charge in [0.2, 0.25) is 5.95 Å². The third-order valence-electron chi connectivity index (χ3n) is 2.65. The maximum Gasteiger partial charge on any atom is 0.224 e. The van der Waals surface area contributed by atoms with E-state index in [4.69, 9.17) is 11.5 Å². The molecule has 96 valence electrons. The molecule has 0 aliphatic rings. The number of aromatic amines is 1. The SMILES string of the molecule is Nc1nc(N)c2[nH]c(-c3ccc(O)c(O)c3)nc2n1. The van der Waals surface area contributed by atoms with Crippen LogP contribution < -0.4 is 11.5 Å². The van der Waals surface area contributed by atoms with Crippen LogP contribution in [0.3, 0.4) is 0 Å². The highest BCUT2D eigenvalue weighted by Gasteiger charge is 2.12. The van der Waals surface area contributed by atoms with Crippen molar-refractivity contribution in [1.82, 2.24) is 19.9 Å². The molecular formula is C11H10N6O2. The molecule has 2 heterocycles. The Morgan fingerprint density at radius 3 is 2.53 bits per heavy atom. The molecule has 0 saturated carbocycles. The summed E-state index contributed by atoms with van der Waals surface area (Å²) in [4.78, 5) is 14.9. The molecule has 7 N–H and O–H groups in total. The monoisotopic (exact) mass is 258 g/mol. The van der Waals surface area contributed by atoms with Crippen molar-refractivity contribution in [2.45, 2.75) is 0 Å². The molecule has 0 bridgehead atoms. The van der Waals surface area contributed by atoms with E-state index in [9.17, 15) is 10.2 Å². The number of H-pyrrole nitrogens is 1. The predicted molar refractivity (Wildman–Crippen MR) is 69.3 cm³/mol. The van der Waals surface area contributed by atoms with Gasteiger partial charge in [-0.2, -0.15) is 9.97 Å². The average Bonchev–Trinajstić information content (AvgIpc) is 2.76. The number of nitrogen functional groups attached to an aromatic ring is 2. The van der Waals surface area contributed by atoms with Crippen molar-refractivity contribution in [3.63, 3.8) is 0 Å². The quantitative estimate of drug-likeness (QED) is 0.401. The summed E-state index contributed by atoms with van der Waals surface area (Å²) in [5.41, 5.74) is 12.6. The summed E-state index contributed by atoms with van der Waals surface area (Å²) in [6.45, 7) is 0. The van der Waals surface area contributed by atoms with Gasteiger partial charge < -0.3 is 26.7 Å². The number of hydrogen-bond donors (Lipinski definition) is 5. The first-order chi connectivity index (χ1) is 9.04. The lowest BCUT2D eigenvalue weighted by Gasteiger charge is -1.99. The van der Waals surface area contributed by atoms with E-state index in [-0.39, 0.29) is 23.3 Å². The lowest BCUT2D eigenvalue weighted by molar-refractivity contribution is 0.404. The third kappa shape index (κ3) is 1.75. The van der Waals surface area contributed by atoms with Gasteiger partial charge in [0.25, 0.3) is 0 Å². The summed E-state index contributed by atoms with van der Waals surface area (Å²) in [5.74, 6) is 0.234. The van der Waals surface area contributed by atoms with Crippen LogP contribution in [0.2, 0.25) is 0 Å². The number of aromatic nitrogens is 4. The molecule has 0 radical (unpaired) electrons. The van der Waals surface area contributed by atoms with Crippen molar-refractivity contribution in [2.24, 2.45) is 0 Å². The van der Waals surface area contributed by atoms with E-state index in [1.54, 1.807) is 6.07 Å². The molecule has 1 aromatic carbocycles. The number of nitrogens with one attached hydrogen (secondary N) is 1. The Labute approximate surface area is 106 Å². The summed E-state index contributed by atoms with van der Waals surface area (Å²) >= 11 is 0. The first kappa shape index (κ1) is 11.1. The molecule has 0 unspecified atom stereocenters. The van der Waals surface area contributed by atoms with E-state index in [0.717, 1.165) is 0 Å². The van der Waals surface area contributed by atoms with E-state index >= 15 is 0 Å². The fourth-order valence-electron chi connectivity index (χ4n) is 1.74. The molecule has 8 heteroatoms. The topological polar surface area (TPSA) is 147 Å². The zero-order valence-corrected chi connectivity index (χ0v) is 9.62. The molecule has 0 amide bonds. The summed E-state index contributed by atoms with van der Waals surface area (Å²) in [6.07, 6.45) is 0. The Balaban J connectivity index is 2.20. The molecule has 0 aliphatic heterocycles. The number of phenols is 2. The van der Waals surface area contributed by atoms with Gasteiger partial charge in [-0.3, -0.25) is 0 Å². The second-order valence-electron chi connectivity index (χ2n) is 3.95. The fourth-order valence-corrected chi connectivity index (χ4v) is 1.74.